The summed E-state index contributed by atoms with van der Waals surface area (Å²) in [5, 5.41) is 13.5. The van der Waals surface area contributed by atoms with Crippen LogP contribution in [0.5, 0.6) is 5.75 Å². The zero-order chi connectivity index (χ0) is 12.4. The van der Waals surface area contributed by atoms with Crippen molar-refractivity contribution in [3.63, 3.8) is 0 Å². The van der Waals surface area contributed by atoms with Crippen molar-refractivity contribution in [3.8, 4) is 11.4 Å². The molecule has 0 amide bonds. The minimum atomic E-state index is 0.211. The van der Waals surface area contributed by atoms with Gasteiger partial charge in [-0.2, -0.15) is 5.10 Å². The van der Waals surface area contributed by atoms with Crippen LogP contribution in [-0.4, -0.2) is 21.2 Å². The summed E-state index contributed by atoms with van der Waals surface area (Å²) in [7, 11) is 0. The Morgan fingerprint density at radius 2 is 1.94 bits per heavy atom. The van der Waals surface area contributed by atoms with Crippen LogP contribution in [-0.2, 0) is 0 Å². The molecule has 0 saturated heterocycles. The molecule has 0 saturated carbocycles. The number of aromatic hydroxyl groups is 1. The van der Waals surface area contributed by atoms with Crippen LogP contribution >= 0.6 is 0 Å². The van der Waals surface area contributed by atoms with Crippen molar-refractivity contribution in [3.05, 3.63) is 41.7 Å². The van der Waals surface area contributed by atoms with E-state index in [-0.39, 0.29) is 11.7 Å². The first kappa shape index (κ1) is 11.4. The number of aldehydes is 1. The number of benzene rings is 1. The molecule has 0 unspecified atom stereocenters. The highest BCUT2D eigenvalue weighted by Crippen LogP contribution is 2.21. The van der Waals surface area contributed by atoms with Gasteiger partial charge in [0, 0.05) is 5.69 Å². The Labute approximate surface area is 99.5 Å². The van der Waals surface area contributed by atoms with E-state index >= 15 is 0 Å². The summed E-state index contributed by atoms with van der Waals surface area (Å²) in [5.41, 5.74) is 2.22. The zero-order valence-electron chi connectivity index (χ0n) is 9.79. The lowest BCUT2D eigenvalue weighted by Crippen LogP contribution is -2.03. The SMILES string of the molecule is CC(C)c1cc(C=O)nn1-c1ccc(O)cc1. The molecule has 1 heterocycles. The summed E-state index contributed by atoms with van der Waals surface area (Å²) in [6, 6.07) is 8.51. The topological polar surface area (TPSA) is 55.1 Å². The number of phenolic OH excluding ortho intramolecular Hbond substituents is 1. The lowest BCUT2D eigenvalue weighted by Gasteiger charge is -2.09. The minimum absolute atomic E-state index is 0.211. The predicted molar refractivity (Wildman–Crippen MR) is 64.7 cm³/mol. The van der Waals surface area contributed by atoms with Gasteiger partial charge >= 0.3 is 0 Å². The van der Waals surface area contributed by atoms with Crippen molar-refractivity contribution in [2.45, 2.75) is 19.8 Å². The van der Waals surface area contributed by atoms with E-state index in [1.54, 1.807) is 35.0 Å². The zero-order valence-corrected chi connectivity index (χ0v) is 9.79. The summed E-state index contributed by atoms with van der Waals surface area (Å²) < 4.78 is 1.73. The first-order valence-electron chi connectivity index (χ1n) is 5.46. The number of aromatic nitrogens is 2. The molecule has 0 radical (unpaired) electrons. The number of hydrogen-bond acceptors (Lipinski definition) is 3. The van der Waals surface area contributed by atoms with Gasteiger partial charge < -0.3 is 5.11 Å². The second kappa shape index (κ2) is 4.41. The van der Waals surface area contributed by atoms with Gasteiger partial charge in [0.1, 0.15) is 11.4 Å². The Morgan fingerprint density at radius 3 is 2.47 bits per heavy atom. The van der Waals surface area contributed by atoms with E-state index < -0.39 is 0 Å². The van der Waals surface area contributed by atoms with Gasteiger partial charge in [-0.25, -0.2) is 4.68 Å². The summed E-state index contributed by atoms with van der Waals surface area (Å²) >= 11 is 0. The lowest BCUT2D eigenvalue weighted by molar-refractivity contribution is 0.111. The van der Waals surface area contributed by atoms with Crippen molar-refractivity contribution >= 4 is 6.29 Å². The summed E-state index contributed by atoms with van der Waals surface area (Å²) in [4.78, 5) is 10.8. The monoisotopic (exact) mass is 230 g/mol. The third kappa shape index (κ3) is 2.20. The fourth-order valence-electron chi connectivity index (χ4n) is 1.68. The molecule has 0 bridgehead atoms. The van der Waals surface area contributed by atoms with E-state index in [1.807, 2.05) is 13.8 Å². The van der Waals surface area contributed by atoms with Gasteiger partial charge in [-0.15, -0.1) is 0 Å². The van der Waals surface area contributed by atoms with E-state index in [1.165, 1.54) is 0 Å². The van der Waals surface area contributed by atoms with Gasteiger partial charge in [-0.05, 0) is 36.2 Å². The maximum Gasteiger partial charge on any atom is 0.170 e. The molecule has 1 N–H and O–H groups in total. The first-order chi connectivity index (χ1) is 8.11. The number of rotatable bonds is 3. The smallest absolute Gasteiger partial charge is 0.170 e. The normalized spacial score (nSPS) is 10.8. The van der Waals surface area contributed by atoms with Crippen LogP contribution in [0, 0.1) is 0 Å². The Balaban J connectivity index is 2.53. The van der Waals surface area contributed by atoms with Crippen LogP contribution in [0.2, 0.25) is 0 Å². The van der Waals surface area contributed by atoms with E-state index in [0.29, 0.717) is 5.69 Å². The molecular formula is C13H14N2O2. The maximum atomic E-state index is 10.8. The molecule has 0 aliphatic carbocycles. The molecule has 2 rings (SSSR count). The van der Waals surface area contributed by atoms with Crippen LogP contribution < -0.4 is 0 Å². The average Bonchev–Trinajstić information content (AvgIpc) is 2.74. The second-order valence-electron chi connectivity index (χ2n) is 4.19. The molecule has 4 nitrogen and oxygen atoms in total. The molecule has 0 aliphatic rings. The summed E-state index contributed by atoms with van der Waals surface area (Å²) in [6.07, 6.45) is 0.739. The Bertz CT molecular complexity index is 527. The van der Waals surface area contributed by atoms with Gasteiger partial charge in [0.05, 0.1) is 5.69 Å². The van der Waals surface area contributed by atoms with Crippen LogP contribution in [0.1, 0.15) is 35.9 Å². The third-order valence-electron chi connectivity index (χ3n) is 2.56. The summed E-state index contributed by atoms with van der Waals surface area (Å²) in [5.74, 6) is 0.479. The molecule has 1 aromatic heterocycles. The quantitative estimate of drug-likeness (QED) is 0.824. The molecule has 4 heteroatoms. The second-order valence-corrected chi connectivity index (χ2v) is 4.19. The highest BCUT2D eigenvalue weighted by molar-refractivity contribution is 5.72. The Hall–Kier alpha value is -2.10. The van der Waals surface area contributed by atoms with Crippen LogP contribution in [0.3, 0.4) is 0 Å². The molecule has 0 atom stereocenters. The lowest BCUT2D eigenvalue weighted by atomic mass is 10.1. The maximum absolute atomic E-state index is 10.8. The largest absolute Gasteiger partial charge is 0.508 e. The molecular weight excluding hydrogens is 216 g/mol. The van der Waals surface area contributed by atoms with Crippen LogP contribution in [0.4, 0.5) is 0 Å². The highest BCUT2D eigenvalue weighted by Gasteiger charge is 2.12. The van der Waals surface area contributed by atoms with Crippen molar-refractivity contribution in [1.82, 2.24) is 9.78 Å². The number of phenols is 1. The summed E-state index contributed by atoms with van der Waals surface area (Å²) in [6.45, 7) is 4.09. The van der Waals surface area contributed by atoms with Crippen molar-refractivity contribution in [2.24, 2.45) is 0 Å². The Morgan fingerprint density at radius 1 is 1.29 bits per heavy atom. The molecule has 1 aromatic carbocycles. The molecule has 2 aromatic rings. The number of carbonyl (C=O) groups excluding carboxylic acids is 1. The van der Waals surface area contributed by atoms with Crippen LogP contribution in [0.15, 0.2) is 30.3 Å². The van der Waals surface area contributed by atoms with Gasteiger partial charge in [0.15, 0.2) is 6.29 Å². The predicted octanol–water partition coefficient (Wildman–Crippen LogP) is 2.51. The van der Waals surface area contributed by atoms with E-state index in [4.69, 9.17) is 0 Å². The van der Waals surface area contributed by atoms with Gasteiger partial charge in [-0.3, -0.25) is 4.79 Å². The third-order valence-corrected chi connectivity index (χ3v) is 2.56. The highest BCUT2D eigenvalue weighted by atomic mass is 16.3. The molecule has 17 heavy (non-hydrogen) atoms. The fourth-order valence-corrected chi connectivity index (χ4v) is 1.68. The number of nitrogens with zero attached hydrogens (tertiary/aromatic N) is 2. The fraction of sp³-hybridized carbons (Fsp3) is 0.231. The van der Waals surface area contributed by atoms with Crippen molar-refractivity contribution < 1.29 is 9.90 Å². The van der Waals surface area contributed by atoms with Gasteiger partial charge in [-0.1, -0.05) is 13.8 Å². The van der Waals surface area contributed by atoms with Gasteiger partial charge in [0.25, 0.3) is 0 Å². The van der Waals surface area contributed by atoms with E-state index in [0.717, 1.165) is 17.7 Å². The molecule has 88 valence electrons. The van der Waals surface area contributed by atoms with Crippen LogP contribution in [0.25, 0.3) is 5.69 Å². The molecule has 0 fully saturated rings. The van der Waals surface area contributed by atoms with E-state index in [9.17, 15) is 9.90 Å². The van der Waals surface area contributed by atoms with Gasteiger partial charge in [0.2, 0.25) is 0 Å². The standard InChI is InChI=1S/C13H14N2O2/c1-9(2)13-7-10(8-16)14-15(13)11-3-5-12(17)6-4-11/h3-9,17H,1-2H3. The molecule has 0 spiro atoms. The number of carbonyl (C=O) groups is 1. The minimum Gasteiger partial charge on any atom is -0.508 e. The van der Waals surface area contributed by atoms with Crippen molar-refractivity contribution in [2.75, 3.05) is 0 Å². The first-order valence-corrected chi connectivity index (χ1v) is 5.46. The van der Waals surface area contributed by atoms with E-state index in [2.05, 4.69) is 5.10 Å². The molecule has 0 aliphatic heterocycles. The van der Waals surface area contributed by atoms with Crippen molar-refractivity contribution in [1.29, 1.82) is 0 Å². The Kier molecular flexibility index (Phi) is 2.95. The average molecular weight is 230 g/mol. The number of hydrogen-bond donors (Lipinski definition) is 1.